The third-order valence-electron chi connectivity index (χ3n) is 2.80. The number of guanidine groups is 1. The maximum atomic E-state index is 10.7. The van der Waals surface area contributed by atoms with E-state index in [0.717, 1.165) is 25.9 Å². The van der Waals surface area contributed by atoms with Crippen molar-refractivity contribution in [2.75, 3.05) is 13.1 Å². The summed E-state index contributed by atoms with van der Waals surface area (Å²) in [5, 5.41) is 10.8. The van der Waals surface area contributed by atoms with Gasteiger partial charge in [0, 0.05) is 19.2 Å². The zero-order chi connectivity index (χ0) is 13.1. The highest BCUT2D eigenvalue weighted by atomic mass is 35.5. The van der Waals surface area contributed by atoms with E-state index in [4.69, 9.17) is 17.3 Å². The lowest BCUT2D eigenvalue weighted by Gasteiger charge is -2.15. The molecule has 0 spiro atoms. The van der Waals surface area contributed by atoms with Gasteiger partial charge in [-0.2, -0.15) is 0 Å². The van der Waals surface area contributed by atoms with Gasteiger partial charge in [-0.1, -0.05) is 11.6 Å². The average molecular weight is 269 g/mol. The number of nitro groups is 1. The maximum Gasteiger partial charge on any atom is 0.290 e. The van der Waals surface area contributed by atoms with Crippen molar-refractivity contribution < 1.29 is 4.92 Å². The quantitative estimate of drug-likeness (QED) is 0.386. The number of rotatable bonds is 2. The molecule has 6 nitrogen and oxygen atoms in total. The molecule has 0 unspecified atom stereocenters. The number of hydrogen-bond acceptors (Lipinski definition) is 3. The van der Waals surface area contributed by atoms with Crippen LogP contribution in [0.15, 0.2) is 23.2 Å². The van der Waals surface area contributed by atoms with Crippen LogP contribution in [0.4, 0.5) is 11.4 Å². The number of hydrogen-bond donors (Lipinski definition) is 1. The van der Waals surface area contributed by atoms with Crippen LogP contribution >= 0.6 is 11.6 Å². The Hall–Kier alpha value is -1.82. The van der Waals surface area contributed by atoms with Gasteiger partial charge in [0.05, 0.1) is 10.6 Å². The van der Waals surface area contributed by atoms with Gasteiger partial charge in [-0.05, 0) is 25.0 Å². The van der Waals surface area contributed by atoms with Crippen LogP contribution in [-0.2, 0) is 0 Å². The van der Waals surface area contributed by atoms with Gasteiger partial charge in [0.2, 0.25) is 0 Å². The number of halogens is 1. The predicted molar refractivity (Wildman–Crippen MR) is 70.2 cm³/mol. The molecule has 0 saturated carbocycles. The molecule has 1 heterocycles. The first-order valence-electron chi connectivity index (χ1n) is 5.61. The average Bonchev–Trinajstić information content (AvgIpc) is 2.85. The van der Waals surface area contributed by atoms with Crippen LogP contribution < -0.4 is 5.73 Å². The van der Waals surface area contributed by atoms with Gasteiger partial charge < -0.3 is 10.6 Å². The first-order chi connectivity index (χ1) is 8.58. The molecule has 0 bridgehead atoms. The smallest absolute Gasteiger partial charge is 0.290 e. The van der Waals surface area contributed by atoms with E-state index in [-0.39, 0.29) is 10.7 Å². The van der Waals surface area contributed by atoms with Gasteiger partial charge in [0.1, 0.15) is 5.02 Å². The second kappa shape index (κ2) is 5.22. The second-order valence-corrected chi connectivity index (χ2v) is 4.46. The summed E-state index contributed by atoms with van der Waals surface area (Å²) in [6, 6.07) is 4.39. The van der Waals surface area contributed by atoms with Crippen LogP contribution in [0.25, 0.3) is 0 Å². The summed E-state index contributed by atoms with van der Waals surface area (Å²) in [6.07, 6.45) is 2.19. The zero-order valence-electron chi connectivity index (χ0n) is 9.67. The van der Waals surface area contributed by atoms with Gasteiger partial charge in [-0.25, -0.2) is 4.99 Å². The number of nitrogens with two attached hydrogens (primary N) is 1. The molecule has 0 amide bonds. The monoisotopic (exact) mass is 268 g/mol. The second-order valence-electron chi connectivity index (χ2n) is 4.06. The first kappa shape index (κ1) is 12.6. The van der Waals surface area contributed by atoms with Crippen molar-refractivity contribution >= 4 is 28.9 Å². The van der Waals surface area contributed by atoms with Crippen molar-refractivity contribution in [2.24, 2.45) is 10.7 Å². The molecule has 1 aromatic rings. The molecule has 18 heavy (non-hydrogen) atoms. The van der Waals surface area contributed by atoms with E-state index in [1.165, 1.54) is 12.1 Å². The Morgan fingerprint density at radius 3 is 2.72 bits per heavy atom. The largest absolute Gasteiger partial charge is 0.369 e. The van der Waals surface area contributed by atoms with Crippen molar-refractivity contribution in [3.63, 3.8) is 0 Å². The minimum absolute atomic E-state index is 0.0960. The summed E-state index contributed by atoms with van der Waals surface area (Å²) < 4.78 is 0. The fourth-order valence-electron chi connectivity index (χ4n) is 1.86. The molecule has 0 aromatic heterocycles. The maximum absolute atomic E-state index is 10.7. The minimum Gasteiger partial charge on any atom is -0.369 e. The number of aliphatic imine (C=N–C) groups is 1. The molecule has 0 radical (unpaired) electrons. The fraction of sp³-hybridized carbons (Fsp3) is 0.364. The molecule has 2 rings (SSSR count). The third-order valence-corrected chi connectivity index (χ3v) is 3.12. The van der Waals surface area contributed by atoms with E-state index in [1.54, 1.807) is 6.07 Å². The van der Waals surface area contributed by atoms with Crippen molar-refractivity contribution in [3.8, 4) is 0 Å². The lowest BCUT2D eigenvalue weighted by atomic mass is 10.3. The predicted octanol–water partition coefficient (Wildman–Crippen LogP) is 2.29. The molecular formula is C11H13ClN4O2. The lowest BCUT2D eigenvalue weighted by Crippen LogP contribution is -2.34. The van der Waals surface area contributed by atoms with Crippen LogP contribution in [0, 0.1) is 10.1 Å². The first-order valence-corrected chi connectivity index (χ1v) is 5.99. The normalized spacial score (nSPS) is 16.1. The van der Waals surface area contributed by atoms with Crippen LogP contribution in [0.2, 0.25) is 5.02 Å². The number of nitro benzene ring substituents is 1. The number of likely N-dealkylation sites (tertiary alicyclic amines) is 1. The minimum atomic E-state index is -0.534. The van der Waals surface area contributed by atoms with E-state index in [9.17, 15) is 10.1 Å². The van der Waals surface area contributed by atoms with Crippen LogP contribution in [0.1, 0.15) is 12.8 Å². The molecule has 1 fully saturated rings. The van der Waals surface area contributed by atoms with Crippen molar-refractivity contribution in [1.29, 1.82) is 0 Å². The molecule has 1 aromatic carbocycles. The highest BCUT2D eigenvalue weighted by Gasteiger charge is 2.15. The molecule has 96 valence electrons. The summed E-state index contributed by atoms with van der Waals surface area (Å²) in [5.41, 5.74) is 6.13. The van der Waals surface area contributed by atoms with Crippen molar-refractivity contribution in [3.05, 3.63) is 33.3 Å². The topological polar surface area (TPSA) is 84.8 Å². The van der Waals surface area contributed by atoms with Gasteiger partial charge in [-0.3, -0.25) is 10.1 Å². The van der Waals surface area contributed by atoms with Crippen LogP contribution in [-0.4, -0.2) is 28.9 Å². The van der Waals surface area contributed by atoms with Crippen molar-refractivity contribution in [2.45, 2.75) is 12.8 Å². The van der Waals surface area contributed by atoms with E-state index >= 15 is 0 Å². The molecule has 0 aliphatic carbocycles. The standard InChI is InChI=1S/C11H13ClN4O2/c12-9-4-3-8(7-10(9)16(17)18)14-11(13)15-5-1-2-6-15/h3-4,7H,1-2,5-6H2,(H2,13,14). The van der Waals surface area contributed by atoms with Crippen LogP contribution in [0.3, 0.4) is 0 Å². The van der Waals surface area contributed by atoms with E-state index in [0.29, 0.717) is 11.6 Å². The van der Waals surface area contributed by atoms with Crippen molar-refractivity contribution in [1.82, 2.24) is 4.90 Å². The van der Waals surface area contributed by atoms with Gasteiger partial charge in [-0.15, -0.1) is 0 Å². The molecule has 1 aliphatic heterocycles. The Balaban J connectivity index is 2.25. The summed E-state index contributed by atoms with van der Waals surface area (Å²) in [5.74, 6) is 0.393. The Kier molecular flexibility index (Phi) is 3.66. The number of nitrogens with zero attached hydrogens (tertiary/aromatic N) is 3. The van der Waals surface area contributed by atoms with E-state index < -0.39 is 4.92 Å². The zero-order valence-corrected chi connectivity index (χ0v) is 10.4. The Morgan fingerprint density at radius 2 is 2.11 bits per heavy atom. The molecule has 0 atom stereocenters. The third kappa shape index (κ3) is 2.70. The SMILES string of the molecule is NC(=Nc1ccc(Cl)c([N+](=O)[O-])c1)N1CCCC1. The Bertz CT molecular complexity index is 498. The summed E-state index contributed by atoms with van der Waals surface area (Å²) in [7, 11) is 0. The molecule has 7 heteroatoms. The molecule has 2 N–H and O–H groups in total. The van der Waals surface area contributed by atoms with Gasteiger partial charge in [0.25, 0.3) is 5.69 Å². The van der Waals surface area contributed by atoms with Crippen LogP contribution in [0.5, 0.6) is 0 Å². The lowest BCUT2D eigenvalue weighted by molar-refractivity contribution is -0.384. The summed E-state index contributed by atoms with van der Waals surface area (Å²) in [4.78, 5) is 16.4. The Labute approximate surface area is 109 Å². The van der Waals surface area contributed by atoms with Gasteiger partial charge >= 0.3 is 0 Å². The highest BCUT2D eigenvalue weighted by Crippen LogP contribution is 2.28. The fourth-order valence-corrected chi connectivity index (χ4v) is 2.05. The molecule has 1 aliphatic rings. The van der Waals surface area contributed by atoms with E-state index in [2.05, 4.69) is 4.99 Å². The molecular weight excluding hydrogens is 256 g/mol. The Morgan fingerprint density at radius 1 is 1.44 bits per heavy atom. The number of benzene rings is 1. The summed E-state index contributed by atoms with van der Waals surface area (Å²) >= 11 is 5.72. The molecule has 1 saturated heterocycles. The highest BCUT2D eigenvalue weighted by molar-refractivity contribution is 6.32. The van der Waals surface area contributed by atoms with E-state index in [1.807, 2.05) is 4.90 Å². The van der Waals surface area contributed by atoms with Gasteiger partial charge in [0.15, 0.2) is 5.96 Å². The summed E-state index contributed by atoms with van der Waals surface area (Å²) in [6.45, 7) is 1.76.